The van der Waals surface area contributed by atoms with Crippen LogP contribution < -0.4 is 9.64 Å². The van der Waals surface area contributed by atoms with Gasteiger partial charge in [-0.1, -0.05) is 23.8 Å². The Bertz CT molecular complexity index is 1210. The molecular weight excluding hydrogens is 464 g/mol. The first-order chi connectivity index (χ1) is 16.4. The highest BCUT2D eigenvalue weighted by molar-refractivity contribution is 6.30. The number of hydrogen-bond acceptors (Lipinski definition) is 7. The van der Waals surface area contributed by atoms with Crippen molar-refractivity contribution < 1.29 is 18.3 Å². The third kappa shape index (κ3) is 2.89. The molecule has 7 nitrogen and oxygen atoms in total. The van der Waals surface area contributed by atoms with E-state index in [2.05, 4.69) is 26.4 Å². The minimum atomic E-state index is -1.01. The third-order valence-corrected chi connectivity index (χ3v) is 9.02. The van der Waals surface area contributed by atoms with Crippen LogP contribution in [0.3, 0.4) is 0 Å². The molecule has 2 aromatic heterocycles. The predicted octanol–water partition coefficient (Wildman–Crippen LogP) is 3.55. The fourth-order valence-electron chi connectivity index (χ4n) is 6.72. The highest BCUT2D eigenvalue weighted by Gasteiger charge is 2.67. The Kier molecular flexibility index (Phi) is 4.50. The molecule has 5 heterocycles. The van der Waals surface area contributed by atoms with Gasteiger partial charge < -0.3 is 14.4 Å². The van der Waals surface area contributed by atoms with Crippen molar-refractivity contribution in [2.24, 2.45) is 11.3 Å². The molecule has 5 fully saturated rings. The molecule has 180 valence electrons. The summed E-state index contributed by atoms with van der Waals surface area (Å²) in [5.41, 5.74) is 1.40. The number of fused-ring (bicyclic) bond motifs is 4. The van der Waals surface area contributed by atoms with Crippen molar-refractivity contribution in [1.82, 2.24) is 19.9 Å². The Morgan fingerprint density at radius 1 is 1.26 bits per heavy atom. The van der Waals surface area contributed by atoms with Crippen LogP contribution in [0.5, 0.6) is 6.01 Å². The van der Waals surface area contributed by atoms with Gasteiger partial charge in [0.1, 0.15) is 24.1 Å². The van der Waals surface area contributed by atoms with Gasteiger partial charge in [0.25, 0.3) is 0 Å². The maximum absolute atomic E-state index is 15.1. The van der Waals surface area contributed by atoms with Crippen LogP contribution in [-0.2, 0) is 4.74 Å². The van der Waals surface area contributed by atoms with E-state index in [1.54, 1.807) is 0 Å². The molecule has 0 aromatic carbocycles. The number of nitrogens with zero attached hydrogens (tertiary/aromatic N) is 5. The normalized spacial score (nSPS) is 33.8. The van der Waals surface area contributed by atoms with E-state index in [1.807, 2.05) is 4.90 Å². The largest absolute Gasteiger partial charge is 0.461 e. The Balaban J connectivity index is 1.28. The second-order valence-electron chi connectivity index (χ2n) is 10.5. The van der Waals surface area contributed by atoms with Gasteiger partial charge >= 0.3 is 6.01 Å². The van der Waals surface area contributed by atoms with E-state index in [4.69, 9.17) is 21.1 Å². The first-order valence-corrected chi connectivity index (χ1v) is 12.3. The number of pyridine rings is 1. The van der Waals surface area contributed by atoms with E-state index in [0.717, 1.165) is 25.9 Å². The van der Waals surface area contributed by atoms with Crippen LogP contribution in [0.25, 0.3) is 10.9 Å². The molecule has 4 atom stereocenters. The molecule has 2 saturated carbocycles. The summed E-state index contributed by atoms with van der Waals surface area (Å²) in [4.78, 5) is 17.4. The molecule has 0 bridgehead atoms. The molecule has 5 aliphatic rings. The lowest BCUT2D eigenvalue weighted by atomic mass is 9.80. The molecule has 3 saturated heterocycles. The van der Waals surface area contributed by atoms with Gasteiger partial charge in [-0.2, -0.15) is 9.97 Å². The van der Waals surface area contributed by atoms with Crippen molar-refractivity contribution in [3.8, 4) is 6.01 Å². The van der Waals surface area contributed by atoms with Crippen LogP contribution in [0.4, 0.5) is 14.6 Å². The lowest BCUT2D eigenvalue weighted by Crippen LogP contribution is -2.49. The van der Waals surface area contributed by atoms with Gasteiger partial charge in [-0.15, -0.1) is 0 Å². The molecule has 2 aliphatic carbocycles. The molecule has 34 heavy (non-hydrogen) atoms. The maximum atomic E-state index is 15.1. The first-order valence-electron chi connectivity index (χ1n) is 12.0. The lowest BCUT2D eigenvalue weighted by Gasteiger charge is -2.37. The van der Waals surface area contributed by atoms with Gasteiger partial charge in [0.2, 0.25) is 0 Å². The summed E-state index contributed by atoms with van der Waals surface area (Å²) in [6, 6.07) is -0.278. The minimum Gasteiger partial charge on any atom is -0.461 e. The highest BCUT2D eigenvalue weighted by Crippen LogP contribution is 2.66. The van der Waals surface area contributed by atoms with Crippen molar-refractivity contribution in [2.45, 2.75) is 43.4 Å². The zero-order chi connectivity index (χ0) is 23.2. The second kappa shape index (κ2) is 7.21. The van der Waals surface area contributed by atoms with Crippen LogP contribution >= 0.6 is 11.6 Å². The molecule has 7 rings (SSSR count). The average molecular weight is 490 g/mol. The number of hydrogen-bond donors (Lipinski definition) is 0. The van der Waals surface area contributed by atoms with Gasteiger partial charge in [0, 0.05) is 25.2 Å². The average Bonchev–Trinajstić information content (AvgIpc) is 3.69. The molecule has 3 aliphatic heterocycles. The fraction of sp³-hybridized carbons (Fsp3) is 0.625. The van der Waals surface area contributed by atoms with Crippen molar-refractivity contribution in [1.29, 1.82) is 0 Å². The smallest absolute Gasteiger partial charge is 0.319 e. The zero-order valence-electron chi connectivity index (χ0n) is 18.8. The van der Waals surface area contributed by atoms with E-state index in [-0.39, 0.29) is 39.6 Å². The first kappa shape index (κ1) is 21.2. The zero-order valence-corrected chi connectivity index (χ0v) is 19.5. The Morgan fingerprint density at radius 3 is 2.94 bits per heavy atom. The monoisotopic (exact) mass is 489 g/mol. The van der Waals surface area contributed by atoms with Gasteiger partial charge in [-0.25, -0.2) is 13.8 Å². The summed E-state index contributed by atoms with van der Waals surface area (Å²) in [7, 11) is 0. The van der Waals surface area contributed by atoms with Crippen LogP contribution in [-0.4, -0.2) is 77.1 Å². The van der Waals surface area contributed by atoms with Crippen molar-refractivity contribution in [3.05, 3.63) is 29.3 Å². The fourth-order valence-corrected chi connectivity index (χ4v) is 6.85. The van der Waals surface area contributed by atoms with E-state index in [1.165, 1.54) is 24.6 Å². The van der Waals surface area contributed by atoms with E-state index in [9.17, 15) is 4.39 Å². The number of rotatable bonds is 4. The number of aromatic nitrogens is 3. The van der Waals surface area contributed by atoms with Crippen molar-refractivity contribution in [3.63, 3.8) is 0 Å². The Hall–Kier alpha value is -2.10. The lowest BCUT2D eigenvalue weighted by molar-refractivity contribution is 0.0649. The maximum Gasteiger partial charge on any atom is 0.319 e. The summed E-state index contributed by atoms with van der Waals surface area (Å²) < 4.78 is 41.4. The SMILES string of the molecule is C=C1CN2CCC3(CC3)[C@@]2(COc2nc(N3CCOC[C@H]4[C@H](F)[C@H]43)c3cnc(Cl)c(F)c3n2)C1. The van der Waals surface area contributed by atoms with Crippen molar-refractivity contribution in [2.75, 3.05) is 44.4 Å². The van der Waals surface area contributed by atoms with Gasteiger partial charge in [-0.05, 0) is 37.6 Å². The second-order valence-corrected chi connectivity index (χ2v) is 10.9. The van der Waals surface area contributed by atoms with Crippen LogP contribution in [0.1, 0.15) is 25.7 Å². The molecule has 10 heteroatoms. The number of anilines is 1. The number of halogens is 3. The molecule has 0 unspecified atom stereocenters. The van der Waals surface area contributed by atoms with E-state index < -0.39 is 12.0 Å². The topological polar surface area (TPSA) is 63.6 Å². The third-order valence-electron chi connectivity index (χ3n) is 8.76. The molecule has 1 spiro atoms. The number of ether oxygens (including phenoxy) is 2. The molecular formula is C24H26ClF2N5O2. The molecule has 0 N–H and O–H groups in total. The van der Waals surface area contributed by atoms with E-state index in [0.29, 0.717) is 37.6 Å². The van der Waals surface area contributed by atoms with Gasteiger partial charge in [0.05, 0.1) is 30.2 Å². The summed E-state index contributed by atoms with van der Waals surface area (Å²) in [5, 5.41) is 0.127. The standard InChI is InChI=1S/C24H26ClF2N5O2/c1-13-8-24(23(2-3-23)4-5-31(24)10-13)12-34-22-29-18-14(9-28-20(25)17(18)27)21(30-22)32-6-7-33-11-15-16(26)19(15)32/h9,15-16,19H,1-8,10-12H2/t15-,16-,19-,24-/m0/s1. The predicted molar refractivity (Wildman–Crippen MR) is 122 cm³/mol. The minimum absolute atomic E-state index is 0.0375. The van der Waals surface area contributed by atoms with Crippen molar-refractivity contribution >= 4 is 28.3 Å². The molecule has 0 amide bonds. The summed E-state index contributed by atoms with van der Waals surface area (Å²) in [6.45, 7) is 7.84. The van der Waals surface area contributed by atoms with E-state index >= 15 is 4.39 Å². The highest BCUT2D eigenvalue weighted by atomic mass is 35.5. The Labute approximate surface area is 201 Å². The summed E-state index contributed by atoms with van der Waals surface area (Å²) in [6.07, 6.45) is 4.88. The summed E-state index contributed by atoms with van der Waals surface area (Å²) >= 11 is 5.98. The number of alkyl halides is 1. The Morgan fingerprint density at radius 2 is 2.12 bits per heavy atom. The van der Waals surface area contributed by atoms with Crippen LogP contribution in [0.2, 0.25) is 5.15 Å². The molecule has 2 aromatic rings. The van der Waals surface area contributed by atoms with Crippen LogP contribution in [0, 0.1) is 17.2 Å². The van der Waals surface area contributed by atoms with Gasteiger partial charge in [-0.3, -0.25) is 4.90 Å². The molecule has 0 radical (unpaired) electrons. The summed E-state index contributed by atoms with van der Waals surface area (Å²) in [5.74, 6) is -0.523. The quantitative estimate of drug-likeness (QED) is 0.480. The van der Waals surface area contributed by atoms with Gasteiger partial charge in [0.15, 0.2) is 11.0 Å². The van der Waals surface area contributed by atoms with Crippen LogP contribution in [0.15, 0.2) is 18.3 Å².